The zero-order chi connectivity index (χ0) is 21.2. The first-order valence-electron chi connectivity index (χ1n) is 12.4. The van der Waals surface area contributed by atoms with Crippen LogP contribution in [0.25, 0.3) is 0 Å². The van der Waals surface area contributed by atoms with Crippen LogP contribution in [0.5, 0.6) is 0 Å². The lowest BCUT2D eigenvalue weighted by Gasteiger charge is -2.31. The van der Waals surface area contributed by atoms with Crippen LogP contribution in [0.3, 0.4) is 0 Å². The van der Waals surface area contributed by atoms with Crippen LogP contribution in [-0.2, 0) is 19.1 Å². The molecule has 0 N–H and O–H groups in total. The molecule has 1 aliphatic rings. The molecule has 29 heavy (non-hydrogen) atoms. The first kappa shape index (κ1) is 26.0. The standard InChI is InChI=1S/C25H46O4/c1-3-4-5-6-7-8-9-10-11-12-13-14-17-22-18-15-16-19-23(22)29-25(27)21-20-24(26)28-2/h22-23H,3-21H2,1-2H3. The van der Waals surface area contributed by atoms with Crippen LogP contribution >= 0.6 is 0 Å². The number of hydrogen-bond donors (Lipinski definition) is 0. The van der Waals surface area contributed by atoms with Crippen LogP contribution in [-0.4, -0.2) is 25.2 Å². The van der Waals surface area contributed by atoms with E-state index in [1.807, 2.05) is 0 Å². The minimum atomic E-state index is -0.348. The Balaban J connectivity index is 2.05. The van der Waals surface area contributed by atoms with Crippen LogP contribution < -0.4 is 0 Å². The molecule has 0 aromatic heterocycles. The molecule has 4 nitrogen and oxygen atoms in total. The van der Waals surface area contributed by atoms with Gasteiger partial charge in [-0.3, -0.25) is 9.59 Å². The number of unbranched alkanes of at least 4 members (excludes halogenated alkanes) is 11. The van der Waals surface area contributed by atoms with Crippen LogP contribution in [0.1, 0.15) is 129 Å². The number of hydrogen-bond acceptors (Lipinski definition) is 4. The molecule has 0 aliphatic heterocycles. The van der Waals surface area contributed by atoms with Crippen molar-refractivity contribution < 1.29 is 19.1 Å². The highest BCUT2D eigenvalue weighted by atomic mass is 16.5. The summed E-state index contributed by atoms with van der Waals surface area (Å²) in [5, 5.41) is 0. The molecule has 0 spiro atoms. The summed E-state index contributed by atoms with van der Waals surface area (Å²) in [6.07, 6.45) is 22.5. The van der Waals surface area contributed by atoms with Crippen molar-refractivity contribution in [2.75, 3.05) is 7.11 Å². The third-order valence-corrected chi connectivity index (χ3v) is 6.31. The van der Waals surface area contributed by atoms with Crippen molar-refractivity contribution in [3.8, 4) is 0 Å². The summed E-state index contributed by atoms with van der Waals surface area (Å²) in [6, 6.07) is 0. The van der Waals surface area contributed by atoms with Crippen molar-refractivity contribution in [3.05, 3.63) is 0 Å². The molecule has 2 atom stereocenters. The van der Waals surface area contributed by atoms with E-state index in [1.54, 1.807) is 0 Å². The average molecular weight is 411 g/mol. The van der Waals surface area contributed by atoms with Gasteiger partial charge in [-0.25, -0.2) is 0 Å². The van der Waals surface area contributed by atoms with Crippen LogP contribution in [0.2, 0.25) is 0 Å². The van der Waals surface area contributed by atoms with E-state index in [0.717, 1.165) is 12.8 Å². The zero-order valence-corrected chi connectivity index (χ0v) is 19.2. The summed E-state index contributed by atoms with van der Waals surface area (Å²) in [6.45, 7) is 2.27. The highest BCUT2D eigenvalue weighted by molar-refractivity contribution is 5.77. The number of carbonyl (C=O) groups is 2. The van der Waals surface area contributed by atoms with Crippen molar-refractivity contribution in [2.24, 2.45) is 5.92 Å². The molecule has 0 amide bonds. The molecular formula is C25H46O4. The van der Waals surface area contributed by atoms with E-state index in [1.165, 1.54) is 103 Å². The molecule has 1 rings (SSSR count). The second-order valence-electron chi connectivity index (χ2n) is 8.83. The van der Waals surface area contributed by atoms with E-state index < -0.39 is 0 Å². The molecule has 1 saturated carbocycles. The van der Waals surface area contributed by atoms with Gasteiger partial charge in [-0.05, 0) is 31.6 Å². The third-order valence-electron chi connectivity index (χ3n) is 6.31. The normalized spacial score (nSPS) is 19.1. The molecule has 170 valence electrons. The van der Waals surface area contributed by atoms with Gasteiger partial charge in [0.05, 0.1) is 20.0 Å². The van der Waals surface area contributed by atoms with Gasteiger partial charge < -0.3 is 9.47 Å². The number of methoxy groups -OCH3 is 1. The Kier molecular flexibility index (Phi) is 15.9. The van der Waals surface area contributed by atoms with Gasteiger partial charge in [0.25, 0.3) is 0 Å². The minimum absolute atomic E-state index is 0.0570. The summed E-state index contributed by atoms with van der Waals surface area (Å²) in [5.74, 6) is -0.0884. The first-order valence-corrected chi connectivity index (χ1v) is 12.4. The van der Waals surface area contributed by atoms with Crippen molar-refractivity contribution in [1.29, 1.82) is 0 Å². The van der Waals surface area contributed by atoms with E-state index in [4.69, 9.17) is 4.74 Å². The van der Waals surface area contributed by atoms with E-state index in [-0.39, 0.29) is 30.9 Å². The maximum atomic E-state index is 12.0. The molecular weight excluding hydrogens is 364 g/mol. The first-order chi connectivity index (χ1) is 14.2. The Morgan fingerprint density at radius 2 is 1.24 bits per heavy atom. The van der Waals surface area contributed by atoms with Crippen molar-refractivity contribution in [3.63, 3.8) is 0 Å². The van der Waals surface area contributed by atoms with Crippen molar-refractivity contribution in [2.45, 2.75) is 135 Å². The predicted octanol–water partition coefficient (Wildman–Crippen LogP) is 7.13. The van der Waals surface area contributed by atoms with Gasteiger partial charge in [0.2, 0.25) is 0 Å². The average Bonchev–Trinajstić information content (AvgIpc) is 2.73. The lowest BCUT2D eigenvalue weighted by atomic mass is 9.83. The smallest absolute Gasteiger partial charge is 0.306 e. The van der Waals surface area contributed by atoms with E-state index in [2.05, 4.69) is 11.7 Å². The van der Waals surface area contributed by atoms with Crippen molar-refractivity contribution >= 4 is 11.9 Å². The molecule has 0 aromatic carbocycles. The number of rotatable bonds is 17. The molecule has 0 aromatic rings. The van der Waals surface area contributed by atoms with Gasteiger partial charge in [0, 0.05) is 0 Å². The Morgan fingerprint density at radius 3 is 1.83 bits per heavy atom. The summed E-state index contributed by atoms with van der Waals surface area (Å²) in [7, 11) is 1.35. The maximum Gasteiger partial charge on any atom is 0.306 e. The minimum Gasteiger partial charge on any atom is -0.469 e. The lowest BCUT2D eigenvalue weighted by molar-refractivity contribution is -0.156. The Labute approximate surface area is 179 Å². The summed E-state index contributed by atoms with van der Waals surface area (Å²) in [4.78, 5) is 23.2. The van der Waals surface area contributed by atoms with Crippen LogP contribution in [0.4, 0.5) is 0 Å². The second kappa shape index (κ2) is 17.8. The van der Waals surface area contributed by atoms with Gasteiger partial charge >= 0.3 is 11.9 Å². The SMILES string of the molecule is CCCCCCCCCCCCCCC1CCCCC1OC(=O)CCC(=O)OC. The fraction of sp³-hybridized carbons (Fsp3) is 0.920. The van der Waals surface area contributed by atoms with E-state index >= 15 is 0 Å². The molecule has 1 fully saturated rings. The van der Waals surface area contributed by atoms with Gasteiger partial charge in [0.1, 0.15) is 6.10 Å². The summed E-state index contributed by atoms with van der Waals surface area (Å²) in [5.41, 5.74) is 0. The largest absolute Gasteiger partial charge is 0.469 e. The molecule has 4 heteroatoms. The van der Waals surface area contributed by atoms with Crippen molar-refractivity contribution in [1.82, 2.24) is 0 Å². The quantitative estimate of drug-likeness (QED) is 0.189. The molecule has 1 aliphatic carbocycles. The number of esters is 2. The van der Waals surface area contributed by atoms with Gasteiger partial charge in [-0.2, -0.15) is 0 Å². The molecule has 0 heterocycles. The monoisotopic (exact) mass is 410 g/mol. The molecule has 2 unspecified atom stereocenters. The van der Waals surface area contributed by atoms with E-state index in [0.29, 0.717) is 5.92 Å². The Hall–Kier alpha value is -1.06. The third kappa shape index (κ3) is 13.7. The molecule has 0 radical (unpaired) electrons. The fourth-order valence-electron chi connectivity index (χ4n) is 4.44. The van der Waals surface area contributed by atoms with Gasteiger partial charge in [-0.1, -0.05) is 90.4 Å². The zero-order valence-electron chi connectivity index (χ0n) is 19.2. The van der Waals surface area contributed by atoms with Gasteiger partial charge in [0.15, 0.2) is 0 Å². The van der Waals surface area contributed by atoms with Crippen LogP contribution in [0.15, 0.2) is 0 Å². The predicted molar refractivity (Wildman–Crippen MR) is 119 cm³/mol. The maximum absolute atomic E-state index is 12.0. The number of ether oxygens (including phenoxy) is 2. The topological polar surface area (TPSA) is 52.6 Å². The van der Waals surface area contributed by atoms with Gasteiger partial charge in [-0.15, -0.1) is 0 Å². The Bertz CT molecular complexity index is 421. The highest BCUT2D eigenvalue weighted by Crippen LogP contribution is 2.31. The second-order valence-corrected chi connectivity index (χ2v) is 8.83. The number of carbonyl (C=O) groups excluding carboxylic acids is 2. The fourth-order valence-corrected chi connectivity index (χ4v) is 4.44. The van der Waals surface area contributed by atoms with Crippen LogP contribution in [0, 0.1) is 5.92 Å². The lowest BCUT2D eigenvalue weighted by Crippen LogP contribution is -2.30. The molecule has 0 bridgehead atoms. The molecule has 0 saturated heterocycles. The highest BCUT2D eigenvalue weighted by Gasteiger charge is 2.27. The summed E-state index contributed by atoms with van der Waals surface area (Å²) >= 11 is 0. The Morgan fingerprint density at radius 1 is 0.724 bits per heavy atom. The summed E-state index contributed by atoms with van der Waals surface area (Å²) < 4.78 is 10.3. The van der Waals surface area contributed by atoms with E-state index in [9.17, 15) is 9.59 Å².